The molecule has 0 saturated carbocycles. The van der Waals surface area contributed by atoms with Crippen molar-refractivity contribution in [2.24, 2.45) is 0 Å². The second-order valence-electron chi connectivity index (χ2n) is 13.6. The van der Waals surface area contributed by atoms with Crippen molar-refractivity contribution in [1.29, 1.82) is 0 Å². The zero-order chi connectivity index (χ0) is 40.0. The van der Waals surface area contributed by atoms with Crippen LogP contribution in [0, 0.1) is 0 Å². The van der Waals surface area contributed by atoms with Crippen molar-refractivity contribution in [3.63, 3.8) is 0 Å². The Morgan fingerprint density at radius 2 is 1.09 bits per heavy atom. The zero-order valence-corrected chi connectivity index (χ0v) is 34.2. The Bertz CT molecular complexity index is 1140. The van der Waals surface area contributed by atoms with Crippen LogP contribution in [0.15, 0.2) is 72.9 Å². The highest BCUT2D eigenvalue weighted by Crippen LogP contribution is 2.36. The third-order valence-electron chi connectivity index (χ3n) is 8.42. The van der Waals surface area contributed by atoms with E-state index in [2.05, 4.69) is 11.4 Å². The van der Waals surface area contributed by atoms with E-state index in [1.54, 1.807) is 36.5 Å². The second-order valence-corrected chi connectivity index (χ2v) is 14.9. The predicted molar refractivity (Wildman–Crippen MR) is 219 cm³/mol. The summed E-state index contributed by atoms with van der Waals surface area (Å²) in [5.74, 6) is -1.05. The Morgan fingerprint density at radius 3 is 1.61 bits per heavy atom. The summed E-state index contributed by atoms with van der Waals surface area (Å²) < 4.78 is 26.2. The number of hydrogen-bond donors (Lipinski definition) is 4. The minimum absolute atomic E-state index is 0.0838. The van der Waals surface area contributed by atoms with E-state index in [1.165, 1.54) is 70.6 Å². The van der Waals surface area contributed by atoms with Crippen molar-refractivity contribution in [3.05, 3.63) is 72.9 Å². The van der Waals surface area contributed by atoms with Crippen molar-refractivity contribution in [2.45, 2.75) is 173 Å². The third-order valence-corrected chi connectivity index (χ3v) is 8.90. The lowest BCUT2D eigenvalue weighted by Gasteiger charge is -2.18. The first-order chi connectivity index (χ1) is 26.1. The molecular formula is C43H73O10P. The highest BCUT2D eigenvalue weighted by molar-refractivity contribution is 7.46. The fourth-order valence-electron chi connectivity index (χ4n) is 5.34. The van der Waals surface area contributed by atoms with Crippen LogP contribution in [0.3, 0.4) is 0 Å². The lowest BCUT2D eigenvalue weighted by Crippen LogP contribution is -2.29. The summed E-state index contributed by atoms with van der Waals surface area (Å²) >= 11 is 0. The molecule has 0 amide bonds. The van der Waals surface area contributed by atoms with Crippen LogP contribution in [-0.4, -0.2) is 63.5 Å². The molecule has 0 aromatic heterocycles. The van der Waals surface area contributed by atoms with Gasteiger partial charge in [0.1, 0.15) is 6.61 Å². The summed E-state index contributed by atoms with van der Waals surface area (Å²) in [6.45, 7) is 3.34. The molecule has 0 radical (unpaired) electrons. The van der Waals surface area contributed by atoms with Gasteiger partial charge in [-0.25, -0.2) is 4.57 Å². The quantitative estimate of drug-likeness (QED) is 0.0158. The maximum absolute atomic E-state index is 12.4. The highest BCUT2D eigenvalue weighted by atomic mass is 31.2. The molecule has 0 aromatic carbocycles. The Labute approximate surface area is 326 Å². The van der Waals surface area contributed by atoms with Gasteiger partial charge in [-0.15, -0.1) is 0 Å². The minimum Gasteiger partial charge on any atom is -0.462 e. The molecule has 0 saturated heterocycles. The van der Waals surface area contributed by atoms with Gasteiger partial charge in [0.15, 0.2) is 6.10 Å². The molecule has 54 heavy (non-hydrogen) atoms. The molecule has 0 unspecified atom stereocenters. The zero-order valence-electron chi connectivity index (χ0n) is 33.3. The number of esters is 2. The minimum atomic E-state index is -4.80. The van der Waals surface area contributed by atoms with Crippen LogP contribution in [0.4, 0.5) is 0 Å². The number of ether oxygens (including phenoxy) is 2. The molecule has 0 heterocycles. The number of rotatable bonds is 36. The molecule has 310 valence electrons. The first-order valence-corrected chi connectivity index (χ1v) is 22.0. The topological polar surface area (TPSA) is 160 Å². The smallest absolute Gasteiger partial charge is 0.462 e. The standard InChI is InChI=1S/C43H73O10P/c1-3-5-7-8-9-10-11-12-13-14-15-16-17-22-30-36-43(47)53-41(38-52-54(48,49)50)37-51-42(46)35-29-21-19-18-20-26-32-40(45)34-28-24-23-27-33-39(44)31-25-6-4-2/h6,19-21,23-28,33-34,39-41,44-45H,3-5,7-18,22,29-32,35-38H2,1-2H3,(H2,48,49,50)/b21-19-,24-23-,25-6-,26-20-,33-27+,34-28+/t39-,40+,41-/m1/s1. The van der Waals surface area contributed by atoms with Crippen molar-refractivity contribution >= 4 is 19.8 Å². The van der Waals surface area contributed by atoms with E-state index in [-0.39, 0.29) is 19.4 Å². The fourth-order valence-corrected chi connectivity index (χ4v) is 5.70. The van der Waals surface area contributed by atoms with Gasteiger partial charge < -0.3 is 29.5 Å². The molecule has 11 heteroatoms. The van der Waals surface area contributed by atoms with Crippen molar-refractivity contribution in [2.75, 3.05) is 13.2 Å². The van der Waals surface area contributed by atoms with E-state index in [4.69, 9.17) is 19.3 Å². The summed E-state index contributed by atoms with van der Waals surface area (Å²) in [5.41, 5.74) is 0. The number of allylic oxidation sites excluding steroid dienone is 8. The van der Waals surface area contributed by atoms with Crippen LogP contribution in [0.5, 0.6) is 0 Å². The maximum Gasteiger partial charge on any atom is 0.469 e. The Hall–Kier alpha value is -2.59. The molecule has 0 aliphatic heterocycles. The van der Waals surface area contributed by atoms with Gasteiger partial charge in [-0.2, -0.15) is 0 Å². The van der Waals surface area contributed by atoms with Crippen LogP contribution in [-0.2, 0) is 28.2 Å². The normalized spacial score (nSPS) is 14.4. The molecule has 0 aromatic rings. The fraction of sp³-hybridized carbons (Fsp3) is 0.674. The first kappa shape index (κ1) is 51.4. The predicted octanol–water partition coefficient (Wildman–Crippen LogP) is 10.2. The van der Waals surface area contributed by atoms with Crippen molar-refractivity contribution in [1.82, 2.24) is 0 Å². The lowest BCUT2D eigenvalue weighted by atomic mass is 10.0. The number of phosphoric ester groups is 1. The third kappa shape index (κ3) is 39.1. The van der Waals surface area contributed by atoms with Crippen molar-refractivity contribution < 1.29 is 48.2 Å². The van der Waals surface area contributed by atoms with Gasteiger partial charge in [0.2, 0.25) is 0 Å². The Morgan fingerprint density at radius 1 is 0.593 bits per heavy atom. The van der Waals surface area contributed by atoms with Gasteiger partial charge in [-0.3, -0.25) is 14.1 Å². The average Bonchev–Trinajstić information content (AvgIpc) is 3.13. The van der Waals surface area contributed by atoms with E-state index < -0.39 is 44.7 Å². The van der Waals surface area contributed by atoms with Gasteiger partial charge in [0, 0.05) is 12.8 Å². The molecule has 0 bridgehead atoms. The number of unbranched alkanes of at least 4 members (excludes halogenated alkanes) is 14. The molecule has 0 aliphatic carbocycles. The summed E-state index contributed by atoms with van der Waals surface area (Å²) in [5, 5.41) is 19.9. The number of aliphatic hydroxyl groups excluding tert-OH is 2. The van der Waals surface area contributed by atoms with Crippen LogP contribution in [0.25, 0.3) is 0 Å². The maximum atomic E-state index is 12.4. The van der Waals surface area contributed by atoms with Gasteiger partial charge in [0.05, 0.1) is 18.8 Å². The van der Waals surface area contributed by atoms with Crippen LogP contribution in [0.2, 0.25) is 0 Å². The number of aliphatic hydroxyl groups is 2. The number of carbonyl (C=O) groups is 2. The van der Waals surface area contributed by atoms with E-state index >= 15 is 0 Å². The van der Waals surface area contributed by atoms with Crippen LogP contribution < -0.4 is 0 Å². The molecule has 0 rings (SSSR count). The SMILES string of the molecule is CC/C=C\C[C@@H](O)/C=C/C=C\C=C\[C@@H](O)C/C=C\C/C=C\CCC(=O)OC[C@H](COP(=O)(O)O)OC(=O)CCCCCCCCCCCCCCCCC. The van der Waals surface area contributed by atoms with Gasteiger partial charge in [-0.05, 0) is 38.5 Å². The average molecular weight is 781 g/mol. The second kappa shape index (κ2) is 37.3. The van der Waals surface area contributed by atoms with Gasteiger partial charge in [-0.1, -0.05) is 177 Å². The molecule has 0 aliphatic rings. The van der Waals surface area contributed by atoms with E-state index in [1.807, 2.05) is 43.4 Å². The van der Waals surface area contributed by atoms with E-state index in [9.17, 15) is 24.4 Å². The molecule has 0 spiro atoms. The Balaban J connectivity index is 4.18. The molecule has 3 atom stereocenters. The largest absolute Gasteiger partial charge is 0.469 e. The van der Waals surface area contributed by atoms with E-state index in [0.717, 1.165) is 25.7 Å². The molecule has 10 nitrogen and oxygen atoms in total. The number of hydrogen-bond acceptors (Lipinski definition) is 8. The highest BCUT2D eigenvalue weighted by Gasteiger charge is 2.22. The monoisotopic (exact) mass is 780 g/mol. The summed E-state index contributed by atoms with van der Waals surface area (Å²) in [4.78, 5) is 42.8. The van der Waals surface area contributed by atoms with Crippen LogP contribution >= 0.6 is 7.82 Å². The number of phosphoric acid groups is 1. The van der Waals surface area contributed by atoms with Gasteiger partial charge in [0.25, 0.3) is 0 Å². The summed E-state index contributed by atoms with van der Waals surface area (Å²) in [7, 11) is -4.80. The Kier molecular flexibility index (Phi) is 35.5. The number of carbonyl (C=O) groups excluding carboxylic acids is 2. The molecule has 0 fully saturated rings. The summed E-state index contributed by atoms with van der Waals surface area (Å²) in [6.07, 6.45) is 41.3. The first-order valence-electron chi connectivity index (χ1n) is 20.4. The van der Waals surface area contributed by atoms with Crippen LogP contribution in [0.1, 0.15) is 155 Å². The summed E-state index contributed by atoms with van der Waals surface area (Å²) in [6, 6.07) is 0. The molecule has 4 N–H and O–H groups in total. The van der Waals surface area contributed by atoms with E-state index in [0.29, 0.717) is 32.1 Å². The molecular weight excluding hydrogens is 707 g/mol. The van der Waals surface area contributed by atoms with Crippen molar-refractivity contribution in [3.8, 4) is 0 Å². The lowest BCUT2D eigenvalue weighted by molar-refractivity contribution is -0.161. The van der Waals surface area contributed by atoms with Gasteiger partial charge >= 0.3 is 19.8 Å².